The molecule has 0 heterocycles. The van der Waals surface area contributed by atoms with Crippen LogP contribution in [0.25, 0.3) is 0 Å². The Labute approximate surface area is 128 Å². The van der Waals surface area contributed by atoms with E-state index in [0.29, 0.717) is 0 Å². The molecule has 0 bridgehead atoms. The fraction of sp³-hybridized carbons (Fsp3) is 0.133. The van der Waals surface area contributed by atoms with Crippen molar-refractivity contribution in [2.45, 2.75) is 0 Å². The lowest BCUT2D eigenvalue weighted by Gasteiger charge is -2.10. The van der Waals surface area contributed by atoms with Gasteiger partial charge >= 0.3 is 10.1 Å². The van der Waals surface area contributed by atoms with E-state index >= 15 is 0 Å². The van der Waals surface area contributed by atoms with Gasteiger partial charge in [0.25, 0.3) is 0 Å². The lowest BCUT2D eigenvalue weighted by Crippen LogP contribution is -2.08. The smallest absolute Gasteiger partial charge is 0.306 e. The summed E-state index contributed by atoms with van der Waals surface area (Å²) in [6, 6.07) is 10.2. The van der Waals surface area contributed by atoms with Crippen molar-refractivity contribution in [1.29, 1.82) is 0 Å². The third kappa shape index (κ3) is 3.56. The molecule has 0 aliphatic rings. The highest BCUT2D eigenvalue weighted by Gasteiger charge is 2.17. The van der Waals surface area contributed by atoms with Gasteiger partial charge < -0.3 is 14.0 Å². The summed E-state index contributed by atoms with van der Waals surface area (Å²) in [5, 5.41) is 9.73. The van der Waals surface area contributed by atoms with E-state index in [1.54, 1.807) is 12.1 Å². The SMILES string of the molecule is COc1ccc(C(=O)c2ccccc2O)cc1OS(C)(=O)=O. The molecular formula is C15H14O6S. The highest BCUT2D eigenvalue weighted by molar-refractivity contribution is 7.86. The number of hydrogen-bond donors (Lipinski definition) is 1. The molecule has 0 fully saturated rings. The number of rotatable bonds is 5. The molecule has 2 aromatic rings. The quantitative estimate of drug-likeness (QED) is 0.668. The van der Waals surface area contributed by atoms with Gasteiger partial charge in [-0.2, -0.15) is 8.42 Å². The number of carbonyl (C=O) groups excluding carboxylic acids is 1. The normalized spacial score (nSPS) is 11.0. The van der Waals surface area contributed by atoms with Gasteiger partial charge in [0.05, 0.1) is 18.9 Å². The number of phenolic OH excluding ortho intramolecular Hbond substituents is 1. The fourth-order valence-corrected chi connectivity index (χ4v) is 2.32. The zero-order valence-corrected chi connectivity index (χ0v) is 12.8. The zero-order chi connectivity index (χ0) is 16.3. The minimum atomic E-state index is -3.77. The second-order valence-corrected chi connectivity index (χ2v) is 6.07. The van der Waals surface area contributed by atoms with Crippen molar-refractivity contribution >= 4 is 15.9 Å². The van der Waals surface area contributed by atoms with Gasteiger partial charge in [-0.05, 0) is 30.3 Å². The molecule has 116 valence electrons. The van der Waals surface area contributed by atoms with E-state index in [4.69, 9.17) is 8.92 Å². The maximum absolute atomic E-state index is 12.4. The minimum Gasteiger partial charge on any atom is -0.507 e. The van der Waals surface area contributed by atoms with Crippen LogP contribution in [0.1, 0.15) is 15.9 Å². The first-order valence-corrected chi connectivity index (χ1v) is 8.03. The van der Waals surface area contributed by atoms with Gasteiger partial charge in [-0.1, -0.05) is 12.1 Å². The number of methoxy groups -OCH3 is 1. The third-order valence-corrected chi connectivity index (χ3v) is 3.30. The van der Waals surface area contributed by atoms with Crippen LogP contribution < -0.4 is 8.92 Å². The summed E-state index contributed by atoms with van der Waals surface area (Å²) >= 11 is 0. The molecule has 0 unspecified atom stereocenters. The number of carbonyl (C=O) groups is 1. The molecule has 6 nitrogen and oxygen atoms in total. The van der Waals surface area contributed by atoms with E-state index in [0.717, 1.165) is 6.26 Å². The van der Waals surface area contributed by atoms with Crippen LogP contribution in [-0.2, 0) is 10.1 Å². The second kappa shape index (κ2) is 6.07. The van der Waals surface area contributed by atoms with E-state index in [2.05, 4.69) is 0 Å². The summed E-state index contributed by atoms with van der Waals surface area (Å²) in [6.45, 7) is 0. The molecule has 1 N–H and O–H groups in total. The van der Waals surface area contributed by atoms with Crippen LogP contribution in [0.3, 0.4) is 0 Å². The minimum absolute atomic E-state index is 0.0914. The molecule has 0 aromatic heterocycles. The maximum Gasteiger partial charge on any atom is 0.306 e. The van der Waals surface area contributed by atoms with Gasteiger partial charge in [0.15, 0.2) is 17.3 Å². The molecular weight excluding hydrogens is 308 g/mol. The van der Waals surface area contributed by atoms with Crippen LogP contribution in [0, 0.1) is 0 Å². The third-order valence-electron chi connectivity index (χ3n) is 2.82. The van der Waals surface area contributed by atoms with E-state index in [-0.39, 0.29) is 28.4 Å². The topological polar surface area (TPSA) is 89.9 Å². The zero-order valence-electron chi connectivity index (χ0n) is 11.9. The van der Waals surface area contributed by atoms with Crippen LogP contribution in [0.4, 0.5) is 0 Å². The molecule has 0 radical (unpaired) electrons. The van der Waals surface area contributed by atoms with Crippen LogP contribution in [0.5, 0.6) is 17.2 Å². The van der Waals surface area contributed by atoms with Gasteiger partial charge in [0.1, 0.15) is 5.75 Å². The summed E-state index contributed by atoms with van der Waals surface area (Å²) in [5.74, 6) is -0.529. The predicted molar refractivity (Wildman–Crippen MR) is 80.0 cm³/mol. The largest absolute Gasteiger partial charge is 0.507 e. The van der Waals surface area contributed by atoms with E-state index < -0.39 is 15.9 Å². The average Bonchev–Trinajstić information content (AvgIpc) is 2.45. The van der Waals surface area contributed by atoms with Crippen molar-refractivity contribution in [3.63, 3.8) is 0 Å². The summed E-state index contributed by atoms with van der Waals surface area (Å²) < 4.78 is 32.4. The fourth-order valence-electron chi connectivity index (χ4n) is 1.87. The monoisotopic (exact) mass is 322 g/mol. The second-order valence-electron chi connectivity index (χ2n) is 4.50. The number of aromatic hydroxyl groups is 1. The number of hydrogen-bond acceptors (Lipinski definition) is 6. The molecule has 0 saturated carbocycles. The molecule has 2 aromatic carbocycles. The Morgan fingerprint density at radius 1 is 1.09 bits per heavy atom. The standard InChI is InChI=1S/C15H14O6S/c1-20-13-8-7-10(9-14(13)21-22(2,18)19)15(17)11-5-3-4-6-12(11)16/h3-9,16H,1-2H3. The van der Waals surface area contributed by atoms with Crippen LogP contribution in [-0.4, -0.2) is 32.7 Å². The summed E-state index contributed by atoms with van der Waals surface area (Å²) in [6.07, 6.45) is 0.893. The first kappa shape index (κ1) is 15.8. The Hall–Kier alpha value is -2.54. The average molecular weight is 322 g/mol. The number of phenols is 1. The summed E-state index contributed by atoms with van der Waals surface area (Å²) in [5.41, 5.74) is 0.277. The molecule has 0 aliphatic carbocycles. The molecule has 0 saturated heterocycles. The van der Waals surface area contributed by atoms with Crippen molar-refractivity contribution < 1.29 is 27.2 Å². The van der Waals surface area contributed by atoms with Crippen molar-refractivity contribution in [1.82, 2.24) is 0 Å². The van der Waals surface area contributed by atoms with E-state index in [1.165, 1.54) is 37.4 Å². The van der Waals surface area contributed by atoms with Crippen molar-refractivity contribution in [3.05, 3.63) is 53.6 Å². The Kier molecular flexibility index (Phi) is 4.37. The van der Waals surface area contributed by atoms with Gasteiger partial charge in [0.2, 0.25) is 0 Å². The number of ketones is 1. The maximum atomic E-state index is 12.4. The molecule has 22 heavy (non-hydrogen) atoms. The number of para-hydroxylation sites is 1. The Morgan fingerprint density at radius 3 is 2.36 bits per heavy atom. The van der Waals surface area contributed by atoms with Crippen molar-refractivity contribution in [2.75, 3.05) is 13.4 Å². The van der Waals surface area contributed by atoms with Crippen LogP contribution >= 0.6 is 0 Å². The molecule has 2 rings (SSSR count). The first-order valence-electron chi connectivity index (χ1n) is 6.22. The Balaban J connectivity index is 2.47. The van der Waals surface area contributed by atoms with Crippen molar-refractivity contribution in [2.24, 2.45) is 0 Å². The molecule has 7 heteroatoms. The predicted octanol–water partition coefficient (Wildman–Crippen LogP) is 1.97. The van der Waals surface area contributed by atoms with Crippen molar-refractivity contribution in [3.8, 4) is 17.2 Å². The highest BCUT2D eigenvalue weighted by atomic mass is 32.2. The molecule has 0 spiro atoms. The highest BCUT2D eigenvalue weighted by Crippen LogP contribution is 2.31. The number of benzene rings is 2. The van der Waals surface area contributed by atoms with Gasteiger partial charge in [0, 0.05) is 5.56 Å². The molecule has 0 aliphatic heterocycles. The van der Waals surface area contributed by atoms with Crippen LogP contribution in [0.15, 0.2) is 42.5 Å². The lowest BCUT2D eigenvalue weighted by molar-refractivity contribution is 0.103. The first-order chi connectivity index (χ1) is 10.3. The Morgan fingerprint density at radius 2 is 1.77 bits per heavy atom. The van der Waals surface area contributed by atoms with Gasteiger partial charge in [-0.25, -0.2) is 0 Å². The summed E-state index contributed by atoms with van der Waals surface area (Å²) in [4.78, 5) is 12.4. The summed E-state index contributed by atoms with van der Waals surface area (Å²) in [7, 11) is -2.41. The van der Waals surface area contributed by atoms with E-state index in [9.17, 15) is 18.3 Å². The Bertz CT molecular complexity index is 811. The number of ether oxygens (including phenoxy) is 1. The molecule has 0 atom stereocenters. The van der Waals surface area contributed by atoms with Gasteiger partial charge in [-0.3, -0.25) is 4.79 Å². The lowest BCUT2D eigenvalue weighted by atomic mass is 10.0. The van der Waals surface area contributed by atoms with Crippen LogP contribution in [0.2, 0.25) is 0 Å². The van der Waals surface area contributed by atoms with Gasteiger partial charge in [-0.15, -0.1) is 0 Å². The molecule has 0 amide bonds. The van der Waals surface area contributed by atoms with E-state index in [1.807, 2.05) is 0 Å².